The Morgan fingerprint density at radius 1 is 1.02 bits per heavy atom. The van der Waals surface area contributed by atoms with Gasteiger partial charge in [0.1, 0.15) is 0 Å². The molecule has 0 unspecified atom stereocenters. The number of hydrogen-bond donors (Lipinski definition) is 3. The second-order valence-corrected chi connectivity index (χ2v) is 12.5. The number of benzene rings is 2. The van der Waals surface area contributed by atoms with Crippen molar-refractivity contribution < 1.29 is 18.3 Å². The maximum atomic E-state index is 11.9. The Morgan fingerprint density at radius 3 is 2.41 bits per heavy atom. The third-order valence-electron chi connectivity index (χ3n) is 7.37. The SMILES string of the molecule is Cc1cc(N2C(=S)N[C@@H](c3ccccn3)[C@@H]2c2cc(C)n(-c3cc(C(=O)O)ccc3C)c2C)ccc1NS(C)(=O)=O. The summed E-state index contributed by atoms with van der Waals surface area (Å²) in [6.45, 7) is 7.83. The Hall–Kier alpha value is -4.22. The number of carboxylic acids is 1. The van der Waals surface area contributed by atoms with Crippen molar-refractivity contribution in [2.45, 2.75) is 39.8 Å². The molecule has 0 saturated carbocycles. The molecule has 1 aliphatic rings. The maximum absolute atomic E-state index is 11.9. The third kappa shape index (κ3) is 5.42. The molecule has 0 radical (unpaired) electrons. The van der Waals surface area contributed by atoms with Gasteiger partial charge in [-0.25, -0.2) is 13.2 Å². The summed E-state index contributed by atoms with van der Waals surface area (Å²) in [5, 5.41) is 13.6. The Labute approximate surface area is 244 Å². The van der Waals surface area contributed by atoms with Crippen molar-refractivity contribution in [2.75, 3.05) is 15.9 Å². The van der Waals surface area contributed by atoms with Gasteiger partial charge in [0.25, 0.3) is 0 Å². The van der Waals surface area contributed by atoms with Gasteiger partial charge >= 0.3 is 5.97 Å². The first-order chi connectivity index (χ1) is 19.4. The van der Waals surface area contributed by atoms with Gasteiger partial charge in [0, 0.05) is 29.0 Å². The van der Waals surface area contributed by atoms with Crippen LogP contribution in [0.5, 0.6) is 0 Å². The molecular weight excluding hydrogens is 558 g/mol. The van der Waals surface area contributed by atoms with Crippen molar-refractivity contribution >= 4 is 44.7 Å². The molecule has 11 heteroatoms. The van der Waals surface area contributed by atoms with Crippen LogP contribution in [0.25, 0.3) is 5.69 Å². The van der Waals surface area contributed by atoms with Crippen molar-refractivity contribution in [3.63, 3.8) is 0 Å². The van der Waals surface area contributed by atoms with E-state index in [4.69, 9.17) is 12.2 Å². The zero-order valence-electron chi connectivity index (χ0n) is 23.3. The Bertz CT molecular complexity index is 1780. The number of aryl methyl sites for hydroxylation is 3. The first kappa shape index (κ1) is 28.3. The summed E-state index contributed by atoms with van der Waals surface area (Å²) < 4.78 is 28.4. The average molecular weight is 590 g/mol. The quantitative estimate of drug-likeness (QED) is 0.247. The van der Waals surface area contributed by atoms with Crippen LogP contribution in [-0.4, -0.2) is 40.4 Å². The molecule has 1 aliphatic heterocycles. The number of carboxylic acid groups (broad SMARTS) is 1. The van der Waals surface area contributed by atoms with E-state index in [1.807, 2.05) is 69.0 Å². The van der Waals surface area contributed by atoms with Crippen LogP contribution in [0.15, 0.2) is 66.9 Å². The van der Waals surface area contributed by atoms with E-state index in [-0.39, 0.29) is 17.6 Å². The molecule has 2 atom stereocenters. The van der Waals surface area contributed by atoms with Gasteiger partial charge in [0.2, 0.25) is 10.0 Å². The number of rotatable bonds is 7. The molecule has 1 saturated heterocycles. The fourth-order valence-corrected chi connectivity index (χ4v) is 6.48. The molecule has 3 N–H and O–H groups in total. The summed E-state index contributed by atoms with van der Waals surface area (Å²) in [5.74, 6) is -0.982. The number of aromatic carboxylic acids is 1. The highest BCUT2D eigenvalue weighted by atomic mass is 32.2. The third-order valence-corrected chi connectivity index (χ3v) is 8.27. The van der Waals surface area contributed by atoms with E-state index in [2.05, 4.69) is 25.7 Å². The fourth-order valence-electron chi connectivity index (χ4n) is 5.50. The molecule has 4 aromatic rings. The predicted molar refractivity (Wildman–Crippen MR) is 165 cm³/mol. The zero-order chi connectivity index (χ0) is 29.6. The van der Waals surface area contributed by atoms with Gasteiger partial charge in [-0.3, -0.25) is 9.71 Å². The molecule has 212 valence electrons. The monoisotopic (exact) mass is 589 g/mol. The second kappa shape index (κ2) is 10.6. The van der Waals surface area contributed by atoms with Crippen LogP contribution in [0.2, 0.25) is 0 Å². The lowest BCUT2D eigenvalue weighted by atomic mass is 9.96. The van der Waals surface area contributed by atoms with E-state index >= 15 is 0 Å². The molecule has 2 aromatic carbocycles. The molecule has 41 heavy (non-hydrogen) atoms. The largest absolute Gasteiger partial charge is 0.478 e. The summed E-state index contributed by atoms with van der Waals surface area (Å²) in [6, 6.07) is 17.9. The topological polar surface area (TPSA) is 117 Å². The Balaban J connectivity index is 1.67. The molecule has 0 aliphatic carbocycles. The minimum absolute atomic E-state index is 0.217. The standard InChI is InChI=1S/C30H31N5O4S2/c1-17-9-10-21(29(36)37)16-26(17)34-19(3)15-23(20(34)4)28-27(25-8-6-7-13-31-25)32-30(40)35(28)22-11-12-24(18(2)14-22)33-41(5,38)39/h6-16,27-28,33H,1-5H3,(H,32,40)(H,36,37)/t27-,28-/m0/s1. The molecule has 2 aromatic heterocycles. The van der Waals surface area contributed by atoms with Gasteiger partial charge in [0.15, 0.2) is 5.11 Å². The van der Waals surface area contributed by atoms with E-state index in [1.54, 1.807) is 24.4 Å². The number of aromatic nitrogens is 2. The van der Waals surface area contributed by atoms with E-state index in [1.165, 1.54) is 0 Å². The molecule has 1 fully saturated rings. The smallest absolute Gasteiger partial charge is 0.335 e. The lowest BCUT2D eigenvalue weighted by molar-refractivity contribution is 0.0697. The van der Waals surface area contributed by atoms with E-state index < -0.39 is 16.0 Å². The zero-order valence-corrected chi connectivity index (χ0v) is 25.0. The van der Waals surface area contributed by atoms with Gasteiger partial charge in [0.05, 0.1) is 35.3 Å². The fraction of sp³-hybridized carbons (Fsp3) is 0.233. The predicted octanol–water partition coefficient (Wildman–Crippen LogP) is 5.35. The van der Waals surface area contributed by atoms with Gasteiger partial charge in [-0.2, -0.15) is 0 Å². The van der Waals surface area contributed by atoms with Crippen LogP contribution >= 0.6 is 12.2 Å². The number of hydrogen-bond acceptors (Lipinski definition) is 5. The van der Waals surface area contributed by atoms with Crippen molar-refractivity contribution in [2.24, 2.45) is 0 Å². The first-order valence-electron chi connectivity index (χ1n) is 13.0. The van der Waals surface area contributed by atoms with Crippen LogP contribution < -0.4 is 14.9 Å². The molecule has 9 nitrogen and oxygen atoms in total. The lowest BCUT2D eigenvalue weighted by Crippen LogP contribution is -2.29. The highest BCUT2D eigenvalue weighted by Crippen LogP contribution is 2.44. The average Bonchev–Trinajstić information content (AvgIpc) is 3.40. The Kier molecular flexibility index (Phi) is 7.35. The Morgan fingerprint density at radius 2 is 1.78 bits per heavy atom. The van der Waals surface area contributed by atoms with E-state index in [0.717, 1.165) is 51.4 Å². The summed E-state index contributed by atoms with van der Waals surface area (Å²) in [7, 11) is -3.44. The summed E-state index contributed by atoms with van der Waals surface area (Å²) in [6.07, 6.45) is 2.87. The molecular formula is C30H31N5O4S2. The van der Waals surface area contributed by atoms with E-state index in [9.17, 15) is 18.3 Å². The van der Waals surface area contributed by atoms with Gasteiger partial charge in [-0.05, 0) is 105 Å². The van der Waals surface area contributed by atoms with Gasteiger partial charge in [-0.15, -0.1) is 0 Å². The molecule has 0 amide bonds. The molecule has 0 spiro atoms. The van der Waals surface area contributed by atoms with Crippen LogP contribution in [0.4, 0.5) is 11.4 Å². The second-order valence-electron chi connectivity index (χ2n) is 10.3. The highest BCUT2D eigenvalue weighted by molar-refractivity contribution is 7.92. The van der Waals surface area contributed by atoms with Crippen molar-refractivity contribution in [3.8, 4) is 5.69 Å². The summed E-state index contributed by atoms with van der Waals surface area (Å²) >= 11 is 5.89. The van der Waals surface area contributed by atoms with Crippen LogP contribution in [0.3, 0.4) is 0 Å². The molecule has 5 rings (SSSR count). The van der Waals surface area contributed by atoms with Gasteiger partial charge < -0.3 is 19.9 Å². The van der Waals surface area contributed by atoms with Crippen molar-refractivity contribution in [1.29, 1.82) is 0 Å². The lowest BCUT2D eigenvalue weighted by Gasteiger charge is -2.29. The van der Waals surface area contributed by atoms with E-state index in [0.29, 0.717) is 10.8 Å². The number of carbonyl (C=O) groups is 1. The number of anilines is 2. The highest BCUT2D eigenvalue weighted by Gasteiger charge is 2.42. The van der Waals surface area contributed by atoms with Crippen LogP contribution in [0, 0.1) is 27.7 Å². The number of nitrogens with one attached hydrogen (secondary N) is 2. The minimum atomic E-state index is -3.44. The van der Waals surface area contributed by atoms with Crippen molar-refractivity contribution in [1.82, 2.24) is 14.9 Å². The first-order valence-corrected chi connectivity index (χ1v) is 15.3. The number of sulfonamides is 1. The van der Waals surface area contributed by atoms with Crippen LogP contribution in [-0.2, 0) is 10.0 Å². The minimum Gasteiger partial charge on any atom is -0.478 e. The molecule has 0 bridgehead atoms. The van der Waals surface area contributed by atoms with Crippen molar-refractivity contribution in [3.05, 3.63) is 106 Å². The normalized spacial score (nSPS) is 17.0. The molecule has 3 heterocycles. The summed E-state index contributed by atoms with van der Waals surface area (Å²) in [5.41, 5.74) is 7.74. The maximum Gasteiger partial charge on any atom is 0.335 e. The number of pyridine rings is 1. The summed E-state index contributed by atoms with van der Waals surface area (Å²) in [4.78, 5) is 18.4. The number of nitrogens with zero attached hydrogens (tertiary/aromatic N) is 3. The number of thiocarbonyl (C=S) groups is 1. The van der Waals surface area contributed by atoms with Crippen LogP contribution in [0.1, 0.15) is 56.2 Å². The van der Waals surface area contributed by atoms with Gasteiger partial charge in [-0.1, -0.05) is 12.1 Å².